The molecule has 10 nitrogen and oxygen atoms in total. The molecule has 0 amide bonds. The van der Waals surface area contributed by atoms with Crippen LogP contribution in [0.1, 0.15) is 6.42 Å². The third kappa shape index (κ3) is 2.61. The zero-order chi connectivity index (χ0) is 14.0. The fourth-order valence-electron chi connectivity index (χ4n) is 1.67. The molecule has 0 bridgehead atoms. The van der Waals surface area contributed by atoms with Gasteiger partial charge in [-0.1, -0.05) is 0 Å². The number of anilines is 3. The number of H-pyrrole nitrogens is 1. The molecule has 106 valence electrons. The van der Waals surface area contributed by atoms with Crippen molar-refractivity contribution in [2.24, 2.45) is 0 Å². The smallest absolute Gasteiger partial charge is 0.278 e. The molecule has 1 aromatic rings. The predicted octanol–water partition coefficient (Wildman–Crippen LogP) is -2.47. The highest BCUT2D eigenvalue weighted by atomic mass is 16.6. The highest BCUT2D eigenvalue weighted by Crippen LogP contribution is 2.30. The monoisotopic (exact) mass is 273 g/mol. The van der Waals surface area contributed by atoms with Crippen molar-refractivity contribution in [1.82, 2.24) is 9.97 Å². The molecule has 10 heteroatoms. The number of fused-ring (bicyclic) bond motifs is 1. The van der Waals surface area contributed by atoms with Crippen LogP contribution in [0.2, 0.25) is 0 Å². The van der Waals surface area contributed by atoms with Crippen LogP contribution in [0.5, 0.6) is 0 Å². The summed E-state index contributed by atoms with van der Waals surface area (Å²) in [5.41, 5.74) is 4.83. The minimum absolute atomic E-state index is 0.00786. The number of rotatable bonds is 5. The Morgan fingerprint density at radius 2 is 2.32 bits per heavy atom. The van der Waals surface area contributed by atoms with Crippen LogP contribution < -0.4 is 21.5 Å². The van der Waals surface area contributed by atoms with Gasteiger partial charge in [-0.2, -0.15) is 4.98 Å². The van der Waals surface area contributed by atoms with Crippen LogP contribution in [0.3, 0.4) is 0 Å². The molecule has 0 saturated heterocycles. The lowest BCUT2D eigenvalue weighted by Gasteiger charge is -2.26. The van der Waals surface area contributed by atoms with Gasteiger partial charge in [0.25, 0.3) is 5.56 Å². The van der Waals surface area contributed by atoms with Crippen molar-refractivity contribution in [2.45, 2.75) is 19.2 Å². The van der Waals surface area contributed by atoms with Crippen LogP contribution in [-0.2, 0) is 4.74 Å². The van der Waals surface area contributed by atoms with E-state index in [9.17, 15) is 15.0 Å². The average Bonchev–Trinajstić information content (AvgIpc) is 2.66. The zero-order valence-corrected chi connectivity index (χ0v) is 9.91. The van der Waals surface area contributed by atoms with E-state index in [0.717, 1.165) is 4.90 Å². The van der Waals surface area contributed by atoms with Crippen LogP contribution in [0.4, 0.5) is 17.5 Å². The van der Waals surface area contributed by atoms with Gasteiger partial charge in [-0.05, 0) is 6.42 Å². The summed E-state index contributed by atoms with van der Waals surface area (Å²) in [6, 6.07) is 0. The average molecular weight is 273 g/mol. The summed E-state index contributed by atoms with van der Waals surface area (Å²) in [5, 5.41) is 30.6. The molecule has 0 spiro atoms. The molecule has 7 N–H and O–H groups in total. The van der Waals surface area contributed by atoms with E-state index in [0.29, 0.717) is 6.42 Å². The lowest BCUT2D eigenvalue weighted by molar-refractivity contribution is -0.114. The van der Waals surface area contributed by atoms with Crippen molar-refractivity contribution in [1.29, 1.82) is 0 Å². The van der Waals surface area contributed by atoms with Crippen molar-refractivity contribution in [3.8, 4) is 0 Å². The topological polar surface area (TPSA) is 157 Å². The summed E-state index contributed by atoms with van der Waals surface area (Å²) in [7, 11) is 0. The maximum atomic E-state index is 11.6. The Bertz CT molecular complexity index is 506. The van der Waals surface area contributed by atoms with Gasteiger partial charge in [-0.3, -0.25) is 14.7 Å². The number of aromatic nitrogens is 2. The molecule has 1 aliphatic heterocycles. The molecule has 19 heavy (non-hydrogen) atoms. The standard InChI is InChI=1S/C9H15N5O5/c10-7-12-5-4(6(16)13-7)11-8(17)14(5)9(18)19-3-1-2-15/h8-9,11,15,17-18H,1-3H2,(H3,10,12,13,16). The molecule has 0 radical (unpaired) electrons. The largest absolute Gasteiger partial charge is 0.396 e. The Kier molecular flexibility index (Phi) is 3.85. The van der Waals surface area contributed by atoms with Gasteiger partial charge < -0.3 is 31.1 Å². The fourth-order valence-corrected chi connectivity index (χ4v) is 1.67. The second-order valence-corrected chi connectivity index (χ2v) is 3.85. The third-order valence-corrected chi connectivity index (χ3v) is 2.51. The Labute approximate surface area is 107 Å². The summed E-state index contributed by atoms with van der Waals surface area (Å²) < 4.78 is 5.00. The summed E-state index contributed by atoms with van der Waals surface area (Å²) in [6.45, 7) is -0.0100. The van der Waals surface area contributed by atoms with Gasteiger partial charge in [0, 0.05) is 6.61 Å². The summed E-state index contributed by atoms with van der Waals surface area (Å²) in [5.74, 6) is -0.155. The van der Waals surface area contributed by atoms with Crippen LogP contribution in [0, 0.1) is 0 Å². The van der Waals surface area contributed by atoms with Crippen LogP contribution in [0.15, 0.2) is 4.79 Å². The van der Waals surface area contributed by atoms with E-state index >= 15 is 0 Å². The minimum atomic E-state index is -1.52. The maximum Gasteiger partial charge on any atom is 0.278 e. The Balaban J connectivity index is 2.22. The first-order valence-corrected chi connectivity index (χ1v) is 5.58. The molecule has 0 aliphatic carbocycles. The van der Waals surface area contributed by atoms with Crippen molar-refractivity contribution >= 4 is 17.5 Å². The summed E-state index contributed by atoms with van der Waals surface area (Å²) in [4.78, 5) is 18.6. The van der Waals surface area contributed by atoms with E-state index in [4.69, 9.17) is 15.6 Å². The number of aromatic amines is 1. The summed E-state index contributed by atoms with van der Waals surface area (Å²) in [6.07, 6.45) is -2.56. The molecule has 2 unspecified atom stereocenters. The minimum Gasteiger partial charge on any atom is -0.396 e. The number of ether oxygens (including phenoxy) is 1. The molecule has 0 saturated carbocycles. The fraction of sp³-hybridized carbons (Fsp3) is 0.556. The lowest BCUT2D eigenvalue weighted by Crippen LogP contribution is -2.45. The Hall–Kier alpha value is -1.88. The molecule has 2 rings (SSSR count). The number of nitrogens with one attached hydrogen (secondary N) is 2. The first-order chi connectivity index (χ1) is 9.04. The molecule has 0 fully saturated rings. The van der Waals surface area contributed by atoms with Crippen LogP contribution in [-0.4, -0.2) is 51.3 Å². The first kappa shape index (κ1) is 13.5. The molecular weight excluding hydrogens is 258 g/mol. The highest BCUT2D eigenvalue weighted by molar-refractivity contribution is 5.71. The Morgan fingerprint density at radius 1 is 1.58 bits per heavy atom. The molecule has 1 aliphatic rings. The second-order valence-electron chi connectivity index (χ2n) is 3.85. The lowest BCUT2D eigenvalue weighted by atomic mass is 10.4. The molecule has 2 atom stereocenters. The first-order valence-electron chi connectivity index (χ1n) is 5.58. The van der Waals surface area contributed by atoms with Crippen molar-refractivity contribution < 1.29 is 20.1 Å². The number of nitrogens with zero attached hydrogens (tertiary/aromatic N) is 2. The van der Waals surface area contributed by atoms with Crippen molar-refractivity contribution in [3.63, 3.8) is 0 Å². The van der Waals surface area contributed by atoms with Gasteiger partial charge in [-0.15, -0.1) is 0 Å². The van der Waals surface area contributed by atoms with Gasteiger partial charge >= 0.3 is 0 Å². The molecule has 1 aromatic heterocycles. The van der Waals surface area contributed by atoms with Gasteiger partial charge in [0.05, 0.1) is 6.61 Å². The van der Waals surface area contributed by atoms with E-state index in [1.54, 1.807) is 0 Å². The SMILES string of the molecule is Nc1nc2c(c(=O)[nH]1)NC(O)N2C(O)OCCCO. The van der Waals surface area contributed by atoms with E-state index < -0.39 is 18.3 Å². The normalized spacial score (nSPS) is 19.1. The summed E-state index contributed by atoms with van der Waals surface area (Å²) >= 11 is 0. The molecular formula is C9H15N5O5. The van der Waals surface area contributed by atoms with Crippen molar-refractivity contribution in [3.05, 3.63) is 10.4 Å². The number of hydrogen-bond acceptors (Lipinski definition) is 9. The van der Waals surface area contributed by atoms with E-state index in [-0.39, 0.29) is 30.7 Å². The maximum absolute atomic E-state index is 11.6. The number of nitrogens with two attached hydrogens (primary N) is 1. The predicted molar refractivity (Wildman–Crippen MR) is 65.0 cm³/mol. The van der Waals surface area contributed by atoms with Crippen LogP contribution in [0.25, 0.3) is 0 Å². The zero-order valence-electron chi connectivity index (χ0n) is 9.91. The van der Waals surface area contributed by atoms with Crippen LogP contribution >= 0.6 is 0 Å². The van der Waals surface area contributed by atoms with E-state index in [2.05, 4.69) is 15.3 Å². The van der Waals surface area contributed by atoms with E-state index in [1.807, 2.05) is 0 Å². The third-order valence-electron chi connectivity index (χ3n) is 2.51. The second kappa shape index (κ2) is 5.40. The number of nitrogen functional groups attached to an aromatic ring is 1. The Morgan fingerprint density at radius 3 is 3.00 bits per heavy atom. The molecule has 0 aromatic carbocycles. The van der Waals surface area contributed by atoms with Crippen molar-refractivity contribution in [2.75, 3.05) is 29.2 Å². The van der Waals surface area contributed by atoms with Gasteiger partial charge in [0.2, 0.25) is 18.7 Å². The highest BCUT2D eigenvalue weighted by Gasteiger charge is 2.36. The van der Waals surface area contributed by atoms with Gasteiger partial charge in [0.15, 0.2) is 5.82 Å². The number of aliphatic hydroxyl groups is 3. The molecule has 2 heterocycles. The number of hydrogen-bond donors (Lipinski definition) is 6. The number of aliphatic hydroxyl groups excluding tert-OH is 3. The van der Waals surface area contributed by atoms with Gasteiger partial charge in [0.1, 0.15) is 5.69 Å². The van der Waals surface area contributed by atoms with Gasteiger partial charge in [-0.25, -0.2) is 0 Å². The van der Waals surface area contributed by atoms with E-state index in [1.165, 1.54) is 0 Å². The quantitative estimate of drug-likeness (QED) is 0.253.